The van der Waals surface area contributed by atoms with Gasteiger partial charge in [0.1, 0.15) is 17.9 Å². The molecule has 0 aliphatic rings. The lowest BCUT2D eigenvalue weighted by molar-refractivity contribution is -0.116. The van der Waals surface area contributed by atoms with Crippen LogP contribution in [0.2, 0.25) is 0 Å². The number of nitrogens with zero attached hydrogens (tertiary/aromatic N) is 3. The molecule has 7 nitrogen and oxygen atoms in total. The summed E-state index contributed by atoms with van der Waals surface area (Å²) in [7, 11) is 1.74. The number of rotatable bonds is 4. The average molecular weight is 434 g/mol. The number of fused-ring (bicyclic) bond motifs is 1. The molecule has 0 unspecified atom stereocenters. The third-order valence-electron chi connectivity index (χ3n) is 5.59. The van der Waals surface area contributed by atoms with Crippen molar-refractivity contribution in [2.24, 2.45) is 7.05 Å². The number of carbonyl (C=O) groups is 1. The van der Waals surface area contributed by atoms with Crippen molar-refractivity contribution in [2.75, 3.05) is 5.32 Å². The smallest absolute Gasteiger partial charge is 0.336 e. The zero-order valence-electron chi connectivity index (χ0n) is 18.3. The molecule has 0 spiro atoms. The van der Waals surface area contributed by atoms with Crippen molar-refractivity contribution in [2.45, 2.75) is 27.3 Å². The summed E-state index contributed by atoms with van der Waals surface area (Å²) in [6.45, 7) is 4.98. The third kappa shape index (κ3) is 3.64. The van der Waals surface area contributed by atoms with Crippen molar-refractivity contribution in [3.63, 3.8) is 0 Å². The number of aryl methyl sites for hydroxylation is 4. The first kappa shape index (κ1) is 21.3. The molecule has 0 saturated carbocycles. The molecule has 0 saturated heterocycles. The van der Waals surface area contributed by atoms with Gasteiger partial charge in [0.25, 0.3) is 5.56 Å². The maximum absolute atomic E-state index is 13.8. The van der Waals surface area contributed by atoms with Crippen LogP contribution in [0.3, 0.4) is 0 Å². The second kappa shape index (κ2) is 7.96. The largest absolute Gasteiger partial charge is 0.342 e. The van der Waals surface area contributed by atoms with Crippen LogP contribution in [0.1, 0.15) is 16.8 Å². The van der Waals surface area contributed by atoms with E-state index in [2.05, 4.69) is 5.32 Å². The Kier molecular flexibility index (Phi) is 5.30. The van der Waals surface area contributed by atoms with Gasteiger partial charge < -0.3 is 9.88 Å². The average Bonchev–Trinajstić information content (AvgIpc) is 3.03. The number of nitrogens with one attached hydrogen (secondary N) is 1. The summed E-state index contributed by atoms with van der Waals surface area (Å²) in [6, 6.07) is 13.1. The fraction of sp³-hybridized carbons (Fsp3) is 0.208. The number of halogens is 1. The topological polar surface area (TPSA) is 78.0 Å². The highest BCUT2D eigenvalue weighted by Crippen LogP contribution is 2.17. The van der Waals surface area contributed by atoms with Crippen LogP contribution in [0.4, 0.5) is 10.1 Å². The van der Waals surface area contributed by atoms with Crippen molar-refractivity contribution in [1.82, 2.24) is 13.7 Å². The molecule has 8 heteroatoms. The number of amides is 1. The summed E-state index contributed by atoms with van der Waals surface area (Å²) in [4.78, 5) is 39.4. The van der Waals surface area contributed by atoms with Crippen LogP contribution in [0.25, 0.3) is 16.7 Å². The van der Waals surface area contributed by atoms with Gasteiger partial charge in [-0.25, -0.2) is 13.8 Å². The quantitative estimate of drug-likeness (QED) is 0.536. The van der Waals surface area contributed by atoms with Gasteiger partial charge in [0, 0.05) is 18.4 Å². The molecule has 2 aromatic heterocycles. The fourth-order valence-corrected chi connectivity index (χ4v) is 3.75. The summed E-state index contributed by atoms with van der Waals surface area (Å²) in [6.07, 6.45) is 0. The number of benzene rings is 2. The van der Waals surface area contributed by atoms with E-state index < -0.39 is 23.0 Å². The number of hydrogen-bond donors (Lipinski definition) is 1. The van der Waals surface area contributed by atoms with Crippen molar-refractivity contribution in [1.29, 1.82) is 0 Å². The van der Waals surface area contributed by atoms with Crippen LogP contribution >= 0.6 is 0 Å². The molecule has 0 fully saturated rings. The molecule has 2 heterocycles. The van der Waals surface area contributed by atoms with Crippen LogP contribution in [-0.4, -0.2) is 19.6 Å². The standard InChI is InChI=1S/C24H23FN4O3/c1-14-6-5-7-18(10-14)29-23(31)22-20(11-16(3)27(22)4)28(24(29)32)13-21(30)26-17-9-8-15(2)19(25)12-17/h5-12H,13H2,1-4H3,(H,26,30). The predicted molar refractivity (Wildman–Crippen MR) is 122 cm³/mol. The first-order chi connectivity index (χ1) is 15.2. The zero-order chi connectivity index (χ0) is 23.2. The Hall–Kier alpha value is -3.94. The first-order valence-electron chi connectivity index (χ1n) is 10.1. The van der Waals surface area contributed by atoms with Crippen LogP contribution < -0.4 is 16.6 Å². The highest BCUT2D eigenvalue weighted by atomic mass is 19.1. The van der Waals surface area contributed by atoms with E-state index in [1.165, 1.54) is 10.6 Å². The van der Waals surface area contributed by atoms with Gasteiger partial charge in [0.05, 0.1) is 11.2 Å². The molecule has 1 amide bonds. The van der Waals surface area contributed by atoms with E-state index in [9.17, 15) is 18.8 Å². The molecule has 0 bridgehead atoms. The lowest BCUT2D eigenvalue weighted by Gasteiger charge is -2.13. The summed E-state index contributed by atoms with van der Waals surface area (Å²) in [5.74, 6) is -0.943. The van der Waals surface area contributed by atoms with E-state index in [-0.39, 0.29) is 6.54 Å². The molecule has 32 heavy (non-hydrogen) atoms. The predicted octanol–water partition coefficient (Wildman–Crippen LogP) is 3.19. The van der Waals surface area contributed by atoms with Crippen molar-refractivity contribution in [3.05, 3.63) is 92.0 Å². The summed E-state index contributed by atoms with van der Waals surface area (Å²) in [5, 5.41) is 2.62. The number of aromatic nitrogens is 3. The van der Waals surface area contributed by atoms with Crippen LogP contribution in [0.15, 0.2) is 58.1 Å². The second-order valence-electron chi connectivity index (χ2n) is 7.94. The minimum atomic E-state index is -0.621. The first-order valence-corrected chi connectivity index (χ1v) is 10.1. The minimum Gasteiger partial charge on any atom is -0.342 e. The SMILES string of the molecule is Cc1cccc(-n2c(=O)c3c(cc(C)n3C)n(CC(=O)Nc3ccc(C)c(F)c3)c2=O)c1. The molecule has 0 aliphatic carbocycles. The van der Waals surface area contributed by atoms with Gasteiger partial charge in [-0.2, -0.15) is 0 Å². The number of anilines is 1. The van der Waals surface area contributed by atoms with Gasteiger partial charge in [-0.3, -0.25) is 14.2 Å². The Balaban J connectivity index is 1.86. The van der Waals surface area contributed by atoms with Gasteiger partial charge >= 0.3 is 5.69 Å². The molecule has 0 atom stereocenters. The molecule has 164 valence electrons. The van der Waals surface area contributed by atoms with E-state index in [1.807, 2.05) is 19.9 Å². The van der Waals surface area contributed by atoms with Gasteiger partial charge in [-0.15, -0.1) is 0 Å². The van der Waals surface area contributed by atoms with Crippen LogP contribution in [0.5, 0.6) is 0 Å². The molecule has 4 aromatic rings. The molecule has 4 rings (SSSR count). The monoisotopic (exact) mass is 434 g/mol. The van der Waals surface area contributed by atoms with Gasteiger partial charge in [0.2, 0.25) is 5.91 Å². The summed E-state index contributed by atoms with van der Waals surface area (Å²) >= 11 is 0. The van der Waals surface area contributed by atoms with E-state index in [0.29, 0.717) is 28.0 Å². The van der Waals surface area contributed by atoms with Gasteiger partial charge in [0.15, 0.2) is 0 Å². The van der Waals surface area contributed by atoms with Crippen molar-refractivity contribution < 1.29 is 9.18 Å². The van der Waals surface area contributed by atoms with E-state index in [0.717, 1.165) is 15.8 Å². The molecular formula is C24H23FN4O3. The number of carbonyl (C=O) groups excluding carboxylic acids is 1. The highest BCUT2D eigenvalue weighted by Gasteiger charge is 2.20. The van der Waals surface area contributed by atoms with Crippen LogP contribution in [-0.2, 0) is 18.4 Å². The Bertz CT molecular complexity index is 1490. The summed E-state index contributed by atoms with van der Waals surface area (Å²) in [5.41, 5.74) is 2.45. The normalized spacial score (nSPS) is 11.2. The van der Waals surface area contributed by atoms with E-state index in [4.69, 9.17) is 0 Å². The fourth-order valence-electron chi connectivity index (χ4n) is 3.75. The molecule has 2 aromatic carbocycles. The Morgan fingerprint density at radius 1 is 1.03 bits per heavy atom. The molecular weight excluding hydrogens is 411 g/mol. The highest BCUT2D eigenvalue weighted by molar-refractivity contribution is 5.91. The lowest BCUT2D eigenvalue weighted by Crippen LogP contribution is -2.41. The maximum atomic E-state index is 13.8. The van der Waals surface area contributed by atoms with E-state index >= 15 is 0 Å². The Morgan fingerprint density at radius 3 is 2.47 bits per heavy atom. The zero-order valence-corrected chi connectivity index (χ0v) is 18.3. The maximum Gasteiger partial charge on any atom is 0.336 e. The van der Waals surface area contributed by atoms with Crippen LogP contribution in [0, 0.1) is 26.6 Å². The lowest BCUT2D eigenvalue weighted by atomic mass is 10.2. The Labute approximate surface area is 183 Å². The van der Waals surface area contributed by atoms with Gasteiger partial charge in [-0.1, -0.05) is 18.2 Å². The third-order valence-corrected chi connectivity index (χ3v) is 5.59. The molecule has 0 aliphatic heterocycles. The van der Waals surface area contributed by atoms with E-state index in [1.54, 1.807) is 54.9 Å². The summed E-state index contributed by atoms with van der Waals surface area (Å²) < 4.78 is 17.9. The van der Waals surface area contributed by atoms with Crippen molar-refractivity contribution in [3.8, 4) is 5.69 Å². The second-order valence-corrected chi connectivity index (χ2v) is 7.94. The molecule has 0 radical (unpaired) electrons. The minimum absolute atomic E-state index is 0.290. The van der Waals surface area contributed by atoms with Gasteiger partial charge in [-0.05, 0) is 62.2 Å². The number of hydrogen-bond acceptors (Lipinski definition) is 3. The Morgan fingerprint density at radius 2 is 1.78 bits per heavy atom. The van der Waals surface area contributed by atoms with Crippen molar-refractivity contribution >= 4 is 22.6 Å². The molecule has 1 N–H and O–H groups in total.